The predicted octanol–water partition coefficient (Wildman–Crippen LogP) is 1.66. The Morgan fingerprint density at radius 3 is 2.90 bits per heavy atom. The number of nitrogens with zero attached hydrogens (tertiary/aromatic N) is 1. The lowest BCUT2D eigenvalue weighted by atomic mass is 10.3. The number of thiophene rings is 1. The molecule has 20 heavy (non-hydrogen) atoms. The van der Waals surface area contributed by atoms with Gasteiger partial charge in [-0.2, -0.15) is 4.31 Å². The zero-order valence-electron chi connectivity index (χ0n) is 12.1. The van der Waals surface area contributed by atoms with E-state index < -0.39 is 10.0 Å². The van der Waals surface area contributed by atoms with Crippen molar-refractivity contribution in [1.82, 2.24) is 9.62 Å². The molecule has 1 saturated heterocycles. The summed E-state index contributed by atoms with van der Waals surface area (Å²) in [6.07, 6.45) is 0.778. The van der Waals surface area contributed by atoms with Crippen LogP contribution in [0.1, 0.15) is 25.1 Å². The molecule has 0 aromatic carbocycles. The van der Waals surface area contributed by atoms with Crippen molar-refractivity contribution in [3.8, 4) is 0 Å². The maximum atomic E-state index is 12.7. The molecular formula is C13H22N2O3S2. The first-order chi connectivity index (χ1) is 9.45. The zero-order chi connectivity index (χ0) is 14.8. The average molecular weight is 318 g/mol. The first-order valence-corrected chi connectivity index (χ1v) is 9.09. The molecule has 1 aromatic heterocycles. The smallest absolute Gasteiger partial charge is 0.244 e. The molecule has 0 aliphatic carbocycles. The molecule has 7 heteroatoms. The van der Waals surface area contributed by atoms with Crippen LogP contribution in [0.15, 0.2) is 16.3 Å². The minimum absolute atomic E-state index is 0.0145. The molecule has 0 saturated carbocycles. The molecule has 114 valence electrons. The molecule has 0 bridgehead atoms. The van der Waals surface area contributed by atoms with Gasteiger partial charge in [0.25, 0.3) is 0 Å². The molecular weight excluding hydrogens is 296 g/mol. The third-order valence-electron chi connectivity index (χ3n) is 3.43. The van der Waals surface area contributed by atoms with E-state index >= 15 is 0 Å². The monoisotopic (exact) mass is 318 g/mol. The second-order valence-electron chi connectivity index (χ2n) is 5.25. The van der Waals surface area contributed by atoms with E-state index in [0.29, 0.717) is 30.6 Å². The fraction of sp³-hybridized carbons (Fsp3) is 0.692. The molecule has 1 fully saturated rings. The molecule has 0 radical (unpaired) electrons. The van der Waals surface area contributed by atoms with Gasteiger partial charge in [-0.05, 0) is 17.9 Å². The Morgan fingerprint density at radius 2 is 2.30 bits per heavy atom. The van der Waals surface area contributed by atoms with E-state index in [1.807, 2.05) is 19.2 Å². The van der Waals surface area contributed by atoms with Crippen LogP contribution in [0.4, 0.5) is 0 Å². The lowest BCUT2D eigenvalue weighted by molar-refractivity contribution is 0.115. The van der Waals surface area contributed by atoms with Gasteiger partial charge >= 0.3 is 0 Å². The van der Waals surface area contributed by atoms with Crippen LogP contribution in [0.2, 0.25) is 0 Å². The fourth-order valence-electron chi connectivity index (χ4n) is 2.23. The predicted molar refractivity (Wildman–Crippen MR) is 80.5 cm³/mol. The first kappa shape index (κ1) is 15.9. The van der Waals surface area contributed by atoms with Gasteiger partial charge in [0.1, 0.15) is 0 Å². The Balaban J connectivity index is 2.16. The topological polar surface area (TPSA) is 58.6 Å². The zero-order valence-corrected chi connectivity index (χ0v) is 13.8. The standard InChI is InChI=1S/C13H22N2O3S2/c1-10(2)14-8-12-13(5-7-19-12)20(16,17)15-6-4-11(9-15)18-3/h5,7,10-11,14H,4,6,8-9H2,1-3H3. The largest absolute Gasteiger partial charge is 0.380 e. The minimum Gasteiger partial charge on any atom is -0.380 e. The third-order valence-corrected chi connectivity index (χ3v) is 6.43. The van der Waals surface area contributed by atoms with E-state index in [9.17, 15) is 8.42 Å². The Hall–Kier alpha value is -0.470. The second-order valence-corrected chi connectivity index (χ2v) is 8.16. The molecule has 1 unspecified atom stereocenters. The van der Waals surface area contributed by atoms with E-state index in [0.717, 1.165) is 11.3 Å². The summed E-state index contributed by atoms with van der Waals surface area (Å²) in [4.78, 5) is 1.31. The molecule has 1 aliphatic heterocycles. The van der Waals surface area contributed by atoms with Gasteiger partial charge in [-0.25, -0.2) is 8.42 Å². The first-order valence-electron chi connectivity index (χ1n) is 6.78. The lowest BCUT2D eigenvalue weighted by Gasteiger charge is -2.17. The quantitative estimate of drug-likeness (QED) is 0.866. The van der Waals surface area contributed by atoms with E-state index in [4.69, 9.17) is 4.74 Å². The van der Waals surface area contributed by atoms with Crippen LogP contribution in [0.5, 0.6) is 0 Å². The van der Waals surface area contributed by atoms with Gasteiger partial charge in [0.15, 0.2) is 0 Å². The molecule has 1 aliphatic rings. The molecule has 5 nitrogen and oxygen atoms in total. The van der Waals surface area contributed by atoms with Crippen molar-refractivity contribution in [2.24, 2.45) is 0 Å². The highest BCUT2D eigenvalue weighted by molar-refractivity contribution is 7.89. The summed E-state index contributed by atoms with van der Waals surface area (Å²) in [5.74, 6) is 0. The summed E-state index contributed by atoms with van der Waals surface area (Å²) in [7, 11) is -1.76. The summed E-state index contributed by atoms with van der Waals surface area (Å²) < 4.78 is 32.1. The third kappa shape index (κ3) is 3.40. The van der Waals surface area contributed by atoms with Crippen LogP contribution < -0.4 is 5.32 Å². The van der Waals surface area contributed by atoms with Crippen LogP contribution >= 0.6 is 11.3 Å². The van der Waals surface area contributed by atoms with Crippen LogP contribution in [-0.4, -0.2) is 45.1 Å². The normalized spacial score (nSPS) is 20.9. The van der Waals surface area contributed by atoms with Gasteiger partial charge in [-0.15, -0.1) is 11.3 Å². The maximum Gasteiger partial charge on any atom is 0.244 e. The van der Waals surface area contributed by atoms with Crippen molar-refractivity contribution in [2.45, 2.75) is 43.9 Å². The fourth-order valence-corrected chi connectivity index (χ4v) is 5.08. The Bertz CT molecular complexity index is 540. The summed E-state index contributed by atoms with van der Waals surface area (Å²) >= 11 is 1.48. The number of methoxy groups -OCH3 is 1. The summed E-state index contributed by atoms with van der Waals surface area (Å²) in [6.45, 7) is 5.67. The van der Waals surface area contributed by atoms with Crippen molar-refractivity contribution >= 4 is 21.4 Å². The number of nitrogens with one attached hydrogen (secondary N) is 1. The van der Waals surface area contributed by atoms with Crippen LogP contribution in [-0.2, 0) is 21.3 Å². The van der Waals surface area contributed by atoms with E-state index in [2.05, 4.69) is 5.32 Å². The van der Waals surface area contributed by atoms with Crippen molar-refractivity contribution in [3.05, 3.63) is 16.3 Å². The minimum atomic E-state index is -3.39. The van der Waals surface area contributed by atoms with Crippen molar-refractivity contribution in [1.29, 1.82) is 0 Å². The van der Waals surface area contributed by atoms with Gasteiger partial charge in [0, 0.05) is 37.7 Å². The number of sulfonamides is 1. The Morgan fingerprint density at radius 1 is 1.55 bits per heavy atom. The number of hydrogen-bond acceptors (Lipinski definition) is 5. The number of hydrogen-bond donors (Lipinski definition) is 1. The highest BCUT2D eigenvalue weighted by Gasteiger charge is 2.34. The van der Waals surface area contributed by atoms with Gasteiger partial charge in [0.05, 0.1) is 11.0 Å². The van der Waals surface area contributed by atoms with Gasteiger partial charge < -0.3 is 10.1 Å². The van der Waals surface area contributed by atoms with Crippen molar-refractivity contribution in [2.75, 3.05) is 20.2 Å². The summed E-state index contributed by atoms with van der Waals surface area (Å²) in [5, 5.41) is 5.12. The maximum absolute atomic E-state index is 12.7. The molecule has 0 amide bonds. The highest BCUT2D eigenvalue weighted by Crippen LogP contribution is 2.28. The average Bonchev–Trinajstić information content (AvgIpc) is 3.05. The molecule has 1 atom stereocenters. The summed E-state index contributed by atoms with van der Waals surface area (Å²) in [6, 6.07) is 2.04. The van der Waals surface area contributed by atoms with E-state index in [1.165, 1.54) is 15.6 Å². The van der Waals surface area contributed by atoms with Crippen molar-refractivity contribution < 1.29 is 13.2 Å². The molecule has 0 spiro atoms. The molecule has 1 N–H and O–H groups in total. The van der Waals surface area contributed by atoms with Crippen LogP contribution in [0.25, 0.3) is 0 Å². The number of rotatable bonds is 6. The molecule has 1 aromatic rings. The van der Waals surface area contributed by atoms with Crippen LogP contribution in [0, 0.1) is 0 Å². The highest BCUT2D eigenvalue weighted by atomic mass is 32.2. The SMILES string of the molecule is COC1CCN(S(=O)(=O)c2ccsc2CNC(C)C)C1. The molecule has 2 heterocycles. The van der Waals surface area contributed by atoms with E-state index in [-0.39, 0.29) is 6.10 Å². The summed E-state index contributed by atoms with van der Waals surface area (Å²) in [5.41, 5.74) is 0. The van der Waals surface area contributed by atoms with Crippen molar-refractivity contribution in [3.63, 3.8) is 0 Å². The van der Waals surface area contributed by atoms with E-state index in [1.54, 1.807) is 13.2 Å². The van der Waals surface area contributed by atoms with Gasteiger partial charge in [0.2, 0.25) is 10.0 Å². The molecule has 2 rings (SSSR count). The van der Waals surface area contributed by atoms with Gasteiger partial charge in [-0.1, -0.05) is 13.8 Å². The van der Waals surface area contributed by atoms with Gasteiger partial charge in [-0.3, -0.25) is 0 Å². The Labute approximate surface area is 125 Å². The second kappa shape index (κ2) is 6.53. The lowest BCUT2D eigenvalue weighted by Crippen LogP contribution is -2.31. The van der Waals surface area contributed by atoms with Crippen LogP contribution in [0.3, 0.4) is 0 Å². The number of ether oxygens (including phenoxy) is 1. The Kier molecular flexibility index (Phi) is 5.19.